The van der Waals surface area contributed by atoms with E-state index in [2.05, 4.69) is 55.4 Å². The minimum Gasteiger partial charge on any atom is -0.462 e. The quantitative estimate of drug-likeness (QED) is 0.0222. The minimum absolute atomic E-state index is 0.107. The van der Waals surface area contributed by atoms with Crippen LogP contribution in [0.1, 0.15) is 428 Å². The fraction of sp³-hybridized carbons (Fsp3) is 0.952. The number of unbranched alkanes of at least 4 members (excludes halogenated alkanes) is 44. The van der Waals surface area contributed by atoms with Gasteiger partial charge in [-0.05, 0) is 49.4 Å². The van der Waals surface area contributed by atoms with Gasteiger partial charge in [-0.2, -0.15) is 0 Å². The number of hydrogen-bond donors (Lipinski definition) is 3. The Morgan fingerprint density at radius 1 is 0.275 bits per heavy atom. The number of ether oxygens (including phenoxy) is 4. The maximum atomic E-state index is 13.1. The van der Waals surface area contributed by atoms with Crippen molar-refractivity contribution < 1.29 is 80.2 Å². The zero-order chi connectivity index (χ0) is 75.3. The van der Waals surface area contributed by atoms with E-state index in [9.17, 15) is 43.2 Å². The molecule has 3 N–H and O–H groups in total. The number of phosphoric ester groups is 2. The topological polar surface area (TPSA) is 237 Å². The van der Waals surface area contributed by atoms with Crippen LogP contribution < -0.4 is 0 Å². The SMILES string of the molecule is CCC(C)CCCCCCCCCCCCCCCCCCCCC(=O)O[C@H](COC(=O)CCCCCCCCC(C)CC)COP(=O)(O)OC[C@H](O)COP(=O)(O)OC[C@@H](COC(=O)CCCCCCCCCCCC(C)C)OC(=O)CCCCCCCCCCCCCCCCCC(C)C. The van der Waals surface area contributed by atoms with Gasteiger partial charge in [0.05, 0.1) is 26.4 Å². The monoisotopic (exact) mass is 1490 g/mol. The number of aliphatic hydroxyl groups is 1. The van der Waals surface area contributed by atoms with Crippen LogP contribution in [0.5, 0.6) is 0 Å². The molecule has 0 aromatic heterocycles. The van der Waals surface area contributed by atoms with Crippen LogP contribution in [0.3, 0.4) is 0 Å². The third-order valence-corrected chi connectivity index (χ3v) is 21.9. The minimum atomic E-state index is -4.96. The molecule has 0 radical (unpaired) electrons. The molecule has 606 valence electrons. The molecule has 0 aliphatic heterocycles. The summed E-state index contributed by atoms with van der Waals surface area (Å²) in [4.78, 5) is 73.1. The van der Waals surface area contributed by atoms with Crippen molar-refractivity contribution in [2.24, 2.45) is 23.7 Å². The summed E-state index contributed by atoms with van der Waals surface area (Å²) < 4.78 is 68.7. The van der Waals surface area contributed by atoms with Crippen LogP contribution in [0.4, 0.5) is 0 Å². The number of carbonyl (C=O) groups is 4. The molecule has 0 rings (SSSR count). The number of esters is 4. The fourth-order valence-electron chi connectivity index (χ4n) is 12.7. The molecule has 0 saturated carbocycles. The first kappa shape index (κ1) is 100. The molecule has 4 unspecified atom stereocenters. The van der Waals surface area contributed by atoms with E-state index < -0.39 is 97.5 Å². The molecule has 0 aromatic carbocycles. The molecular weight excluding hydrogens is 1330 g/mol. The van der Waals surface area contributed by atoms with Crippen LogP contribution in [0.25, 0.3) is 0 Å². The molecule has 0 fully saturated rings. The summed E-state index contributed by atoms with van der Waals surface area (Å²) in [6.45, 7) is 14.3. The molecule has 0 aromatic rings. The first-order valence-corrected chi connectivity index (χ1v) is 45.8. The lowest BCUT2D eigenvalue weighted by atomic mass is 9.99. The van der Waals surface area contributed by atoms with Crippen molar-refractivity contribution >= 4 is 39.5 Å². The van der Waals surface area contributed by atoms with Gasteiger partial charge in [0.25, 0.3) is 0 Å². The van der Waals surface area contributed by atoms with E-state index in [-0.39, 0.29) is 25.7 Å². The van der Waals surface area contributed by atoms with Crippen molar-refractivity contribution in [3.8, 4) is 0 Å². The fourth-order valence-corrected chi connectivity index (χ4v) is 14.3. The lowest BCUT2D eigenvalue weighted by Gasteiger charge is -2.21. The highest BCUT2D eigenvalue weighted by Gasteiger charge is 2.30. The maximum absolute atomic E-state index is 13.1. The van der Waals surface area contributed by atoms with Gasteiger partial charge in [0.2, 0.25) is 0 Å². The van der Waals surface area contributed by atoms with Crippen molar-refractivity contribution in [2.75, 3.05) is 39.6 Å². The number of phosphoric acid groups is 2. The molecule has 102 heavy (non-hydrogen) atoms. The van der Waals surface area contributed by atoms with Crippen molar-refractivity contribution in [1.29, 1.82) is 0 Å². The second kappa shape index (κ2) is 72.0. The Balaban J connectivity index is 5.19. The average molecular weight is 1490 g/mol. The largest absolute Gasteiger partial charge is 0.472 e. The molecule has 17 nitrogen and oxygen atoms in total. The van der Waals surface area contributed by atoms with E-state index in [1.807, 2.05) is 0 Å². The Morgan fingerprint density at radius 2 is 0.471 bits per heavy atom. The molecule has 0 bridgehead atoms. The number of aliphatic hydroxyl groups excluding tert-OH is 1. The summed E-state index contributed by atoms with van der Waals surface area (Å²) >= 11 is 0. The van der Waals surface area contributed by atoms with Crippen LogP contribution in [-0.2, 0) is 65.4 Å². The Bertz CT molecular complexity index is 1990. The van der Waals surface area contributed by atoms with Crippen LogP contribution in [0.15, 0.2) is 0 Å². The highest BCUT2D eigenvalue weighted by atomic mass is 31.2. The van der Waals surface area contributed by atoms with E-state index in [0.29, 0.717) is 25.7 Å². The zero-order valence-electron chi connectivity index (χ0n) is 67.2. The smallest absolute Gasteiger partial charge is 0.462 e. The summed E-state index contributed by atoms with van der Waals surface area (Å²) in [6, 6.07) is 0. The van der Waals surface area contributed by atoms with Gasteiger partial charge in [-0.3, -0.25) is 37.3 Å². The van der Waals surface area contributed by atoms with Crippen LogP contribution >= 0.6 is 15.6 Å². The third kappa shape index (κ3) is 73.6. The standard InChI is InChI=1S/C83H162O17P2/c1-9-75(7)61-53-45-37-31-25-21-17-13-11-12-14-18-22-26-32-39-49-57-66-83(88)100-79(70-94-81(86)64-56-48-42-41-46-54-62-76(8)10-2)72-98-102(91,92)96-68-77(84)67-95-101(89,90)97-71-78(69-93-80(85)63-55-47-38-34-28-30-36-44-52-60-74(5)6)99-82(87)65-58-50-40-33-27-23-19-15-16-20-24-29-35-43-51-59-73(3)4/h73-79,84H,9-72H2,1-8H3,(H,89,90)(H,91,92)/t75?,76?,77-,78-,79-/m1/s1. The van der Waals surface area contributed by atoms with Gasteiger partial charge in [-0.25, -0.2) is 9.13 Å². The second-order valence-electron chi connectivity index (χ2n) is 31.3. The maximum Gasteiger partial charge on any atom is 0.472 e. The van der Waals surface area contributed by atoms with Crippen LogP contribution in [-0.4, -0.2) is 96.7 Å². The molecule has 0 saturated heterocycles. The van der Waals surface area contributed by atoms with E-state index in [4.69, 9.17) is 37.0 Å². The summed E-state index contributed by atoms with van der Waals surface area (Å²) in [7, 11) is -9.92. The average Bonchev–Trinajstić information content (AvgIpc) is 0.909. The molecule has 0 heterocycles. The molecule has 0 amide bonds. The molecule has 0 aliphatic rings. The van der Waals surface area contributed by atoms with E-state index in [1.54, 1.807) is 0 Å². The van der Waals surface area contributed by atoms with Gasteiger partial charge in [0.15, 0.2) is 12.2 Å². The van der Waals surface area contributed by atoms with E-state index >= 15 is 0 Å². The highest BCUT2D eigenvalue weighted by molar-refractivity contribution is 7.47. The number of hydrogen-bond acceptors (Lipinski definition) is 15. The van der Waals surface area contributed by atoms with Gasteiger partial charge in [-0.15, -0.1) is 0 Å². The van der Waals surface area contributed by atoms with Gasteiger partial charge in [-0.1, -0.05) is 376 Å². The Morgan fingerprint density at radius 3 is 0.696 bits per heavy atom. The van der Waals surface area contributed by atoms with Crippen LogP contribution in [0, 0.1) is 23.7 Å². The van der Waals surface area contributed by atoms with Crippen molar-refractivity contribution in [3.63, 3.8) is 0 Å². The predicted molar refractivity (Wildman–Crippen MR) is 418 cm³/mol. The predicted octanol–water partition coefficient (Wildman–Crippen LogP) is 24.8. The van der Waals surface area contributed by atoms with Crippen molar-refractivity contribution in [1.82, 2.24) is 0 Å². The van der Waals surface area contributed by atoms with Gasteiger partial charge in [0.1, 0.15) is 19.3 Å². The third-order valence-electron chi connectivity index (χ3n) is 20.0. The molecule has 0 aliphatic carbocycles. The second-order valence-corrected chi connectivity index (χ2v) is 34.2. The molecule has 7 atom stereocenters. The van der Waals surface area contributed by atoms with E-state index in [1.165, 1.54) is 225 Å². The zero-order valence-corrected chi connectivity index (χ0v) is 69.0. The van der Waals surface area contributed by atoms with Crippen molar-refractivity contribution in [2.45, 2.75) is 446 Å². The lowest BCUT2D eigenvalue weighted by Crippen LogP contribution is -2.30. The summed E-state index contributed by atoms with van der Waals surface area (Å²) in [5.74, 6) is 1.03. The molecule has 19 heteroatoms. The van der Waals surface area contributed by atoms with Gasteiger partial charge < -0.3 is 33.8 Å². The van der Waals surface area contributed by atoms with Gasteiger partial charge >= 0.3 is 39.5 Å². The number of carbonyl (C=O) groups excluding carboxylic acids is 4. The first-order chi connectivity index (χ1) is 49.2. The highest BCUT2D eigenvalue weighted by Crippen LogP contribution is 2.45. The molecular formula is C83H162O17P2. The molecule has 0 spiro atoms. The Kier molecular flexibility index (Phi) is 70.6. The summed E-state index contributed by atoms with van der Waals surface area (Å²) in [5, 5.41) is 10.6. The van der Waals surface area contributed by atoms with Crippen molar-refractivity contribution in [3.05, 3.63) is 0 Å². The first-order valence-electron chi connectivity index (χ1n) is 42.8. The normalized spacial score (nSPS) is 14.5. The van der Waals surface area contributed by atoms with Gasteiger partial charge in [0, 0.05) is 25.7 Å². The van der Waals surface area contributed by atoms with E-state index in [0.717, 1.165) is 120 Å². The Hall–Kier alpha value is -1.94. The summed E-state index contributed by atoms with van der Waals surface area (Å²) in [6.07, 6.45) is 59.8. The Labute approximate surface area is 626 Å². The summed E-state index contributed by atoms with van der Waals surface area (Å²) in [5.41, 5.74) is 0. The van der Waals surface area contributed by atoms with Crippen LogP contribution in [0.2, 0.25) is 0 Å². The lowest BCUT2D eigenvalue weighted by molar-refractivity contribution is -0.161. The number of rotatable bonds is 80.